The van der Waals surface area contributed by atoms with Crippen molar-refractivity contribution < 1.29 is 0 Å². The summed E-state index contributed by atoms with van der Waals surface area (Å²) in [6, 6.07) is 0.662. The van der Waals surface area contributed by atoms with E-state index >= 15 is 0 Å². The molecule has 106 valence electrons. The third kappa shape index (κ3) is 1.32. The van der Waals surface area contributed by atoms with E-state index in [1.54, 1.807) is 0 Å². The normalized spacial score (nSPS) is 52.8. The van der Waals surface area contributed by atoms with Crippen LogP contribution in [-0.4, -0.2) is 22.0 Å². The summed E-state index contributed by atoms with van der Waals surface area (Å²) in [5.74, 6) is 2.30. The van der Waals surface area contributed by atoms with Crippen LogP contribution in [0.1, 0.15) is 68.7 Å². The van der Waals surface area contributed by atoms with Crippen molar-refractivity contribution in [1.82, 2.24) is 4.90 Å². The Bertz CT molecular complexity index is 324. The minimum absolute atomic E-state index is 0.411. The molecule has 3 rings (SSSR count). The first-order chi connectivity index (χ1) is 8.03. The van der Waals surface area contributed by atoms with E-state index in [4.69, 9.17) is 0 Å². The number of hydrogen-bond donors (Lipinski definition) is 0. The average molecular weight is 251 g/mol. The molecular formula is C17H33N. The Morgan fingerprint density at radius 1 is 0.889 bits per heavy atom. The van der Waals surface area contributed by atoms with Gasteiger partial charge in [-0.05, 0) is 57.3 Å². The van der Waals surface area contributed by atoms with Gasteiger partial charge < -0.3 is 0 Å². The van der Waals surface area contributed by atoms with E-state index in [0.717, 1.165) is 17.8 Å². The lowest BCUT2D eigenvalue weighted by Crippen LogP contribution is -2.85. The van der Waals surface area contributed by atoms with Crippen molar-refractivity contribution in [3.63, 3.8) is 0 Å². The molecular weight excluding hydrogens is 218 g/mol. The Balaban J connectivity index is 2.48. The van der Waals surface area contributed by atoms with Crippen LogP contribution in [0.2, 0.25) is 0 Å². The topological polar surface area (TPSA) is 3.24 Å². The third-order valence-electron chi connectivity index (χ3n) is 7.31. The summed E-state index contributed by atoms with van der Waals surface area (Å²) in [5, 5.41) is 0. The van der Waals surface area contributed by atoms with Gasteiger partial charge in [-0.1, -0.05) is 34.6 Å². The maximum atomic E-state index is 2.82. The summed E-state index contributed by atoms with van der Waals surface area (Å²) in [6.07, 6.45) is 1.38. The predicted molar refractivity (Wildman–Crippen MR) is 79.7 cm³/mol. The SMILES string of the molecule is CC(C)N1C2(C)CC1(C)C(C)C(C)(C(C)C)C2C. The van der Waals surface area contributed by atoms with Crippen molar-refractivity contribution in [2.24, 2.45) is 23.2 Å². The Labute approximate surface area is 114 Å². The Kier molecular flexibility index (Phi) is 2.99. The summed E-state index contributed by atoms with van der Waals surface area (Å²) in [6.45, 7) is 22.1. The summed E-state index contributed by atoms with van der Waals surface area (Å²) in [4.78, 5) is 2.82. The predicted octanol–water partition coefficient (Wildman–Crippen LogP) is 4.57. The molecule has 0 aromatic heterocycles. The molecule has 4 atom stereocenters. The zero-order chi connectivity index (χ0) is 14.1. The number of rotatable bonds is 2. The van der Waals surface area contributed by atoms with Gasteiger partial charge in [0.25, 0.3) is 0 Å². The quantitative estimate of drug-likeness (QED) is 0.695. The second-order valence-electron chi connectivity index (χ2n) is 8.32. The van der Waals surface area contributed by atoms with Crippen LogP contribution < -0.4 is 0 Å². The largest absolute Gasteiger partial charge is 0.289 e. The molecule has 2 bridgehead atoms. The van der Waals surface area contributed by atoms with E-state index in [0.29, 0.717) is 22.5 Å². The maximum absolute atomic E-state index is 2.82. The van der Waals surface area contributed by atoms with Crippen molar-refractivity contribution in [3.8, 4) is 0 Å². The number of piperidine rings is 1. The molecule has 3 fully saturated rings. The molecule has 3 aliphatic rings. The Morgan fingerprint density at radius 3 is 1.56 bits per heavy atom. The fraction of sp³-hybridized carbons (Fsp3) is 1.00. The van der Waals surface area contributed by atoms with E-state index in [1.807, 2.05) is 0 Å². The minimum Gasteiger partial charge on any atom is -0.289 e. The van der Waals surface area contributed by atoms with E-state index in [9.17, 15) is 0 Å². The molecule has 4 unspecified atom stereocenters. The van der Waals surface area contributed by atoms with Crippen molar-refractivity contribution in [1.29, 1.82) is 0 Å². The van der Waals surface area contributed by atoms with Gasteiger partial charge in [0.2, 0.25) is 0 Å². The average Bonchev–Trinajstić information content (AvgIpc) is 2.21. The van der Waals surface area contributed by atoms with Crippen LogP contribution in [0, 0.1) is 23.2 Å². The summed E-state index contributed by atoms with van der Waals surface area (Å²) >= 11 is 0. The molecule has 1 saturated carbocycles. The van der Waals surface area contributed by atoms with Gasteiger partial charge in [0.1, 0.15) is 0 Å². The Morgan fingerprint density at radius 2 is 1.28 bits per heavy atom. The van der Waals surface area contributed by atoms with Crippen LogP contribution in [0.3, 0.4) is 0 Å². The van der Waals surface area contributed by atoms with Gasteiger partial charge in [-0.3, -0.25) is 4.90 Å². The molecule has 1 heteroatoms. The molecule has 0 aromatic rings. The number of nitrogens with zero attached hydrogens (tertiary/aromatic N) is 1. The first-order valence-corrected chi connectivity index (χ1v) is 7.82. The van der Waals surface area contributed by atoms with Crippen LogP contribution in [0.15, 0.2) is 0 Å². The number of fused-ring (bicyclic) bond motifs is 2. The fourth-order valence-electron chi connectivity index (χ4n) is 6.01. The zero-order valence-corrected chi connectivity index (χ0v) is 14.0. The van der Waals surface area contributed by atoms with Gasteiger partial charge >= 0.3 is 0 Å². The fourth-order valence-corrected chi connectivity index (χ4v) is 6.01. The summed E-state index contributed by atoms with van der Waals surface area (Å²) in [7, 11) is 0. The monoisotopic (exact) mass is 251 g/mol. The molecule has 1 nitrogen and oxygen atoms in total. The highest BCUT2D eigenvalue weighted by atomic mass is 15.4. The molecule has 0 radical (unpaired) electrons. The molecule has 18 heavy (non-hydrogen) atoms. The molecule has 2 aliphatic heterocycles. The smallest absolute Gasteiger partial charge is 0.0238 e. The van der Waals surface area contributed by atoms with Gasteiger partial charge in [-0.25, -0.2) is 0 Å². The third-order valence-corrected chi connectivity index (χ3v) is 7.31. The zero-order valence-electron chi connectivity index (χ0n) is 14.0. The van der Waals surface area contributed by atoms with Gasteiger partial charge in [0.15, 0.2) is 0 Å². The van der Waals surface area contributed by atoms with Crippen LogP contribution in [0.25, 0.3) is 0 Å². The standard InChI is InChI=1S/C17H33N/c1-11(2)17(9)13(5)15(7)10-16(8,14(17)6)18(15)12(3)4/h11-14H,10H2,1-9H3. The van der Waals surface area contributed by atoms with Crippen molar-refractivity contribution >= 4 is 0 Å². The van der Waals surface area contributed by atoms with E-state index in [2.05, 4.69) is 67.2 Å². The number of hydrogen-bond acceptors (Lipinski definition) is 1. The van der Waals surface area contributed by atoms with Crippen molar-refractivity contribution in [2.75, 3.05) is 0 Å². The maximum Gasteiger partial charge on any atom is 0.0238 e. The highest BCUT2D eigenvalue weighted by molar-refractivity contribution is 5.25. The molecule has 2 saturated heterocycles. The van der Waals surface area contributed by atoms with Crippen molar-refractivity contribution in [3.05, 3.63) is 0 Å². The Hall–Kier alpha value is -0.0400. The van der Waals surface area contributed by atoms with Gasteiger partial charge in [0, 0.05) is 17.1 Å². The lowest BCUT2D eigenvalue weighted by Gasteiger charge is -2.79. The van der Waals surface area contributed by atoms with Crippen LogP contribution in [0.5, 0.6) is 0 Å². The second-order valence-corrected chi connectivity index (χ2v) is 8.32. The van der Waals surface area contributed by atoms with Crippen LogP contribution >= 0.6 is 0 Å². The lowest BCUT2D eigenvalue weighted by molar-refractivity contribution is -0.290. The van der Waals surface area contributed by atoms with Gasteiger partial charge in [0.05, 0.1) is 0 Å². The van der Waals surface area contributed by atoms with Gasteiger partial charge in [-0.15, -0.1) is 0 Å². The highest BCUT2D eigenvalue weighted by Gasteiger charge is 2.71. The lowest BCUT2D eigenvalue weighted by atomic mass is 9.40. The van der Waals surface area contributed by atoms with Crippen LogP contribution in [0.4, 0.5) is 0 Å². The van der Waals surface area contributed by atoms with Crippen molar-refractivity contribution in [2.45, 2.75) is 85.9 Å². The molecule has 0 N–H and O–H groups in total. The second kappa shape index (κ2) is 3.75. The van der Waals surface area contributed by atoms with Crippen LogP contribution in [-0.2, 0) is 0 Å². The first-order valence-electron chi connectivity index (χ1n) is 7.82. The minimum atomic E-state index is 0.411. The van der Waals surface area contributed by atoms with Gasteiger partial charge in [-0.2, -0.15) is 0 Å². The molecule has 0 spiro atoms. The molecule has 0 amide bonds. The first kappa shape index (κ1) is 14.4. The van der Waals surface area contributed by atoms with E-state index in [-0.39, 0.29) is 0 Å². The van der Waals surface area contributed by atoms with E-state index in [1.165, 1.54) is 6.42 Å². The summed E-state index contributed by atoms with van der Waals surface area (Å²) in [5.41, 5.74) is 1.29. The highest BCUT2D eigenvalue weighted by Crippen LogP contribution is 2.68. The molecule has 1 aliphatic carbocycles. The molecule has 2 heterocycles. The summed E-state index contributed by atoms with van der Waals surface area (Å²) < 4.78 is 0. The van der Waals surface area contributed by atoms with E-state index < -0.39 is 0 Å². The molecule has 0 aromatic carbocycles.